The summed E-state index contributed by atoms with van der Waals surface area (Å²) >= 11 is -2.94. The molecule has 0 radical (unpaired) electrons. The van der Waals surface area contributed by atoms with Crippen LogP contribution in [0.3, 0.4) is 0 Å². The average Bonchev–Trinajstić information content (AvgIpc) is 3.19. The fourth-order valence-corrected chi connectivity index (χ4v) is 76.6. The molecule has 220 valence electrons. The Bertz CT molecular complexity index is 986. The summed E-state index contributed by atoms with van der Waals surface area (Å²) in [5, 5.41) is 0. The van der Waals surface area contributed by atoms with Crippen LogP contribution in [0.25, 0.3) is 0 Å². The van der Waals surface area contributed by atoms with E-state index in [-0.39, 0.29) is 0 Å². The average molecular weight is 704 g/mol. The van der Waals surface area contributed by atoms with E-state index < -0.39 is 50.7 Å². The number of hydrogen-bond donors (Lipinski definition) is 0. The third kappa shape index (κ3) is 6.09. The fraction of sp³-hybridized carbons (Fsp3) is 0.750. The van der Waals surface area contributed by atoms with Gasteiger partial charge in [-0.05, 0) is 0 Å². The van der Waals surface area contributed by atoms with Crippen molar-refractivity contribution in [3.8, 4) is 0 Å². The molecule has 0 fully saturated rings. The number of allylic oxidation sites excluding steroid dienone is 4. The van der Waals surface area contributed by atoms with Gasteiger partial charge in [0, 0.05) is 0 Å². The summed E-state index contributed by atoms with van der Waals surface area (Å²) in [7, 11) is -6.36. The van der Waals surface area contributed by atoms with Gasteiger partial charge in [0.2, 0.25) is 0 Å². The Kier molecular flexibility index (Phi) is 11.4. The van der Waals surface area contributed by atoms with Crippen molar-refractivity contribution in [1.82, 2.24) is 0 Å². The zero-order chi connectivity index (χ0) is 30.5. The minimum absolute atomic E-state index is 0.761. The van der Waals surface area contributed by atoms with Crippen LogP contribution in [0.5, 0.6) is 0 Å². The second kappa shape index (κ2) is 12.4. The Morgan fingerprint density at radius 1 is 0.538 bits per heavy atom. The molecule has 0 amide bonds. The van der Waals surface area contributed by atoms with E-state index in [1.54, 1.807) is 0 Å². The van der Waals surface area contributed by atoms with Crippen molar-refractivity contribution in [2.45, 2.75) is 155 Å². The molecular weight excluding hydrogens is 637 g/mol. The van der Waals surface area contributed by atoms with Gasteiger partial charge < -0.3 is 0 Å². The summed E-state index contributed by atoms with van der Waals surface area (Å²) < 4.78 is 4.31. The van der Waals surface area contributed by atoms with Crippen LogP contribution in [-0.4, -0.2) is 64.1 Å². The fourth-order valence-electron chi connectivity index (χ4n) is 10.4. The van der Waals surface area contributed by atoms with Gasteiger partial charge in [0.25, 0.3) is 0 Å². The molecule has 0 aromatic carbocycles. The summed E-state index contributed by atoms with van der Waals surface area (Å²) in [6.45, 7) is 43.8. The first-order valence-corrected chi connectivity index (χ1v) is 38.2. The quantitative estimate of drug-likeness (QED) is 0.178. The molecule has 2 heterocycles. The summed E-state index contributed by atoms with van der Waals surface area (Å²) in [4.78, 5) is 9.97. The second-order valence-corrected chi connectivity index (χ2v) is 50.9. The van der Waals surface area contributed by atoms with E-state index in [4.69, 9.17) is 0 Å². The molecule has 0 N–H and O–H groups in total. The first kappa shape index (κ1) is 35.9. The molecule has 2 aliphatic rings. The van der Waals surface area contributed by atoms with E-state index in [0.717, 1.165) is 13.4 Å². The minimum atomic E-state index is -2.94. The monoisotopic (exact) mass is 704 g/mol. The molecule has 0 aliphatic carbocycles. The Morgan fingerprint density at radius 3 is 0.974 bits per heavy atom. The number of hydrogen-bond acceptors (Lipinski definition) is 0. The number of rotatable bonds is 12. The third-order valence-corrected chi connectivity index (χ3v) is 56.4. The van der Waals surface area contributed by atoms with Crippen LogP contribution < -0.4 is 0 Å². The van der Waals surface area contributed by atoms with Gasteiger partial charge in [-0.15, -0.1) is 0 Å². The van der Waals surface area contributed by atoms with Gasteiger partial charge in [-0.3, -0.25) is 0 Å². The topological polar surface area (TPSA) is 0 Å². The summed E-state index contributed by atoms with van der Waals surface area (Å²) in [5.74, 6) is 0. The van der Waals surface area contributed by atoms with Crippen LogP contribution in [0.4, 0.5) is 0 Å². The van der Waals surface area contributed by atoms with E-state index in [2.05, 4.69) is 133 Å². The molecule has 0 bridgehead atoms. The van der Waals surface area contributed by atoms with Crippen molar-refractivity contribution < 1.29 is 0 Å². The molecule has 0 unspecified atom stereocenters. The second-order valence-electron chi connectivity index (χ2n) is 16.4. The zero-order valence-corrected chi connectivity index (χ0v) is 36.8. The Balaban J connectivity index is 3.08. The van der Waals surface area contributed by atoms with Crippen LogP contribution in [0.1, 0.15) is 54.4 Å². The van der Waals surface area contributed by atoms with Crippen LogP contribution in [-0.2, 0) is 0 Å². The normalized spacial score (nSPS) is 20.2. The van der Waals surface area contributed by atoms with Crippen molar-refractivity contribution >= 4 is 64.1 Å². The maximum atomic E-state index is 2.92. The van der Waals surface area contributed by atoms with E-state index in [1.807, 2.05) is 22.1 Å². The molecule has 2 aliphatic heterocycles. The molecule has 0 aromatic heterocycles. The molecule has 0 spiro atoms. The van der Waals surface area contributed by atoms with Gasteiger partial charge in [-0.1, -0.05) is 0 Å². The zero-order valence-electron chi connectivity index (χ0n) is 29.9. The van der Waals surface area contributed by atoms with Crippen LogP contribution in [0.15, 0.2) is 38.2 Å². The first-order valence-electron chi connectivity index (χ1n) is 16.7. The van der Waals surface area contributed by atoms with Crippen molar-refractivity contribution in [2.75, 3.05) is 0 Å². The van der Waals surface area contributed by atoms with E-state index in [0.29, 0.717) is 0 Å². The van der Waals surface area contributed by atoms with Crippen molar-refractivity contribution in [1.29, 1.82) is 0 Å². The molecule has 0 aromatic rings. The van der Waals surface area contributed by atoms with Gasteiger partial charge in [-0.2, -0.15) is 0 Å². The molecule has 0 atom stereocenters. The molecule has 0 nitrogen and oxygen atoms in total. The standard InChI is InChI=1S/2C15H30BSi2.2CH3.Sn/c2*1-9-13-12-18(7,8)15(17(4,5)6)14(13)16(10-2)11-3;;;/h2*9-11H2,1-8H3;2*1H3;. The third-order valence-electron chi connectivity index (χ3n) is 10.5. The SMILES string of the molecule is CCB(CC)C1=C([Si](C)(C)C)[Si](C)(C)[C]([Sn]([CH3])([CH3])[C]2=C(CC)C(B(CC)CC)=C([Si](C)(C)C)[Si]2(C)C)=C1CC. The van der Waals surface area contributed by atoms with Gasteiger partial charge in [0.15, 0.2) is 0 Å². The van der Waals surface area contributed by atoms with Crippen LogP contribution in [0, 0.1) is 0 Å². The van der Waals surface area contributed by atoms with E-state index in [1.165, 1.54) is 38.1 Å². The summed E-state index contributed by atoms with van der Waals surface area (Å²) in [6, 6.07) is 0. The van der Waals surface area contributed by atoms with Crippen molar-refractivity contribution in [3.05, 3.63) is 38.2 Å². The van der Waals surface area contributed by atoms with Gasteiger partial charge in [0.1, 0.15) is 0 Å². The Hall–Kier alpha value is 0.756. The predicted octanol–water partition coefficient (Wildman–Crippen LogP) is 11.3. The molecular formula is C32H66B2Si4Sn. The Morgan fingerprint density at radius 2 is 0.795 bits per heavy atom. The van der Waals surface area contributed by atoms with Gasteiger partial charge in [0.05, 0.1) is 0 Å². The molecule has 2 rings (SSSR count). The molecule has 39 heavy (non-hydrogen) atoms. The van der Waals surface area contributed by atoms with Crippen LogP contribution in [0.2, 0.25) is 101 Å². The van der Waals surface area contributed by atoms with E-state index in [9.17, 15) is 0 Å². The van der Waals surface area contributed by atoms with Crippen LogP contribution >= 0.6 is 0 Å². The van der Waals surface area contributed by atoms with Gasteiger partial charge in [-0.25, -0.2) is 0 Å². The summed E-state index contributed by atoms with van der Waals surface area (Å²) in [6.07, 6.45) is 7.74. The van der Waals surface area contributed by atoms with E-state index >= 15 is 0 Å². The predicted molar refractivity (Wildman–Crippen MR) is 201 cm³/mol. The molecule has 7 heteroatoms. The molecule has 0 saturated heterocycles. The first-order chi connectivity index (χ1) is 17.7. The summed E-state index contributed by atoms with van der Waals surface area (Å²) in [5.41, 5.74) is 7.68. The molecule has 0 saturated carbocycles. The van der Waals surface area contributed by atoms with Crippen molar-refractivity contribution in [2.24, 2.45) is 0 Å². The van der Waals surface area contributed by atoms with Gasteiger partial charge >= 0.3 is 257 Å². The van der Waals surface area contributed by atoms with Crippen molar-refractivity contribution in [3.63, 3.8) is 0 Å². The Labute approximate surface area is 255 Å². The maximum absolute atomic E-state index is 2.94.